The van der Waals surface area contributed by atoms with Gasteiger partial charge in [0, 0.05) is 0 Å². The van der Waals surface area contributed by atoms with Crippen LogP contribution in [0.5, 0.6) is 5.75 Å². The second kappa shape index (κ2) is 6.95. The normalized spacial score (nSPS) is 14.3. The summed E-state index contributed by atoms with van der Waals surface area (Å²) in [5.74, 6) is 0.345. The third-order valence-corrected chi connectivity index (χ3v) is 4.60. The molecule has 0 aromatic heterocycles. The van der Waals surface area contributed by atoms with E-state index in [1.165, 1.54) is 6.07 Å². The van der Waals surface area contributed by atoms with Crippen molar-refractivity contribution in [2.24, 2.45) is 0 Å². The van der Waals surface area contributed by atoms with Gasteiger partial charge in [-0.15, -0.1) is 0 Å². The largest absolute Gasteiger partial charge is 0.435 e. The van der Waals surface area contributed by atoms with Gasteiger partial charge in [-0.25, -0.2) is 4.39 Å². The zero-order valence-corrected chi connectivity index (χ0v) is 14.0. The van der Waals surface area contributed by atoms with E-state index in [0.717, 1.165) is 42.4 Å². The Labute approximate surface area is 141 Å². The zero-order valence-electron chi connectivity index (χ0n) is 12.4. The first-order valence-electron chi connectivity index (χ1n) is 7.54. The van der Waals surface area contributed by atoms with Crippen molar-refractivity contribution < 1.29 is 17.9 Å². The maximum absolute atomic E-state index is 13.2. The van der Waals surface area contributed by atoms with Crippen LogP contribution >= 0.6 is 15.9 Å². The second-order valence-corrected chi connectivity index (χ2v) is 6.63. The molecule has 0 atom stereocenters. The number of aryl methyl sites for hydroxylation is 2. The van der Waals surface area contributed by atoms with Gasteiger partial charge in [0.1, 0.15) is 11.6 Å². The zero-order chi connectivity index (χ0) is 16.4. The van der Waals surface area contributed by atoms with Crippen molar-refractivity contribution in [2.45, 2.75) is 38.2 Å². The molecule has 2 aromatic carbocycles. The number of hydrogen-bond acceptors (Lipinski definition) is 1. The standard InChI is InChI=1S/C18H16BrF3O/c19-15-10-12(3-7-16(15)20)2-1-11-4-8-17(23-18(21)22)14(9-11)13-5-6-13/h3-4,7-10,13,18H,1-2,5-6H2. The minimum atomic E-state index is -2.80. The molecule has 1 aliphatic carbocycles. The number of ether oxygens (including phenoxy) is 1. The van der Waals surface area contributed by atoms with Crippen molar-refractivity contribution in [1.29, 1.82) is 0 Å². The van der Waals surface area contributed by atoms with Crippen LogP contribution in [0.4, 0.5) is 13.2 Å². The molecule has 3 rings (SSSR count). The highest BCUT2D eigenvalue weighted by Gasteiger charge is 2.27. The van der Waals surface area contributed by atoms with Crippen molar-refractivity contribution in [3.63, 3.8) is 0 Å². The van der Waals surface area contributed by atoms with Crippen LogP contribution in [0.1, 0.15) is 35.4 Å². The van der Waals surface area contributed by atoms with E-state index in [1.807, 2.05) is 12.1 Å². The van der Waals surface area contributed by atoms with E-state index in [9.17, 15) is 13.2 Å². The van der Waals surface area contributed by atoms with Crippen LogP contribution < -0.4 is 4.74 Å². The molecule has 1 saturated carbocycles. The summed E-state index contributed by atoms with van der Waals surface area (Å²) in [4.78, 5) is 0. The summed E-state index contributed by atoms with van der Waals surface area (Å²) in [5, 5.41) is 0. The Morgan fingerprint density at radius 2 is 1.70 bits per heavy atom. The molecule has 0 amide bonds. The quantitative estimate of drug-likeness (QED) is 0.606. The molecule has 0 N–H and O–H groups in total. The third kappa shape index (κ3) is 4.28. The van der Waals surface area contributed by atoms with E-state index >= 15 is 0 Å². The molecule has 0 bridgehead atoms. The molecular formula is C18H16BrF3O. The van der Waals surface area contributed by atoms with E-state index in [0.29, 0.717) is 10.4 Å². The summed E-state index contributed by atoms with van der Waals surface area (Å²) in [6.45, 7) is -2.80. The SMILES string of the molecule is Fc1ccc(CCc2ccc(OC(F)F)c(C3CC3)c2)cc1Br. The van der Waals surface area contributed by atoms with Crippen LogP contribution in [0.25, 0.3) is 0 Å². The van der Waals surface area contributed by atoms with Gasteiger partial charge >= 0.3 is 6.61 Å². The van der Waals surface area contributed by atoms with Crippen LogP contribution in [-0.4, -0.2) is 6.61 Å². The first kappa shape index (κ1) is 16.4. The summed E-state index contributed by atoms with van der Waals surface area (Å²) in [7, 11) is 0. The highest BCUT2D eigenvalue weighted by molar-refractivity contribution is 9.10. The fraction of sp³-hybridized carbons (Fsp3) is 0.333. The van der Waals surface area contributed by atoms with Gasteiger partial charge in [-0.1, -0.05) is 18.2 Å². The number of benzene rings is 2. The van der Waals surface area contributed by atoms with E-state index in [-0.39, 0.29) is 11.6 Å². The minimum Gasteiger partial charge on any atom is -0.435 e. The lowest BCUT2D eigenvalue weighted by Crippen LogP contribution is -2.05. The first-order chi connectivity index (χ1) is 11.0. The fourth-order valence-corrected chi connectivity index (χ4v) is 3.08. The molecule has 2 aromatic rings. The molecule has 0 aliphatic heterocycles. The first-order valence-corrected chi connectivity index (χ1v) is 8.34. The van der Waals surface area contributed by atoms with Gasteiger partial charge in [0.25, 0.3) is 0 Å². The Balaban J connectivity index is 1.72. The highest BCUT2D eigenvalue weighted by Crippen LogP contribution is 2.45. The number of halogens is 4. The maximum atomic E-state index is 13.2. The summed E-state index contributed by atoms with van der Waals surface area (Å²) in [5.41, 5.74) is 2.98. The Kier molecular flexibility index (Phi) is 4.95. The Bertz CT molecular complexity index is 699. The van der Waals surface area contributed by atoms with Crippen molar-refractivity contribution in [3.8, 4) is 5.75 Å². The predicted molar refractivity (Wildman–Crippen MR) is 86.6 cm³/mol. The van der Waals surface area contributed by atoms with Gasteiger partial charge in [-0.3, -0.25) is 0 Å². The van der Waals surface area contributed by atoms with Crippen LogP contribution in [0.15, 0.2) is 40.9 Å². The lowest BCUT2D eigenvalue weighted by Gasteiger charge is -2.12. The van der Waals surface area contributed by atoms with Crippen LogP contribution in [0, 0.1) is 5.82 Å². The van der Waals surface area contributed by atoms with E-state index in [4.69, 9.17) is 0 Å². The lowest BCUT2D eigenvalue weighted by molar-refractivity contribution is -0.0504. The minimum absolute atomic E-state index is 0.279. The molecule has 1 nitrogen and oxygen atoms in total. The summed E-state index contributed by atoms with van der Waals surface area (Å²) in [6.07, 6.45) is 3.58. The topological polar surface area (TPSA) is 9.23 Å². The van der Waals surface area contributed by atoms with E-state index in [1.54, 1.807) is 18.2 Å². The number of hydrogen-bond donors (Lipinski definition) is 0. The molecule has 23 heavy (non-hydrogen) atoms. The molecule has 1 aliphatic rings. The molecule has 5 heteroatoms. The van der Waals surface area contributed by atoms with E-state index in [2.05, 4.69) is 20.7 Å². The average molecular weight is 385 g/mol. The molecule has 0 spiro atoms. The fourth-order valence-electron chi connectivity index (χ4n) is 2.65. The Morgan fingerprint density at radius 1 is 1.04 bits per heavy atom. The number of rotatable bonds is 6. The molecule has 0 heterocycles. The summed E-state index contributed by atoms with van der Waals surface area (Å²) >= 11 is 3.18. The van der Waals surface area contributed by atoms with Crippen molar-refractivity contribution in [3.05, 3.63) is 63.4 Å². The summed E-state index contributed by atoms with van der Waals surface area (Å²) < 4.78 is 43.2. The Morgan fingerprint density at radius 3 is 2.30 bits per heavy atom. The highest BCUT2D eigenvalue weighted by atomic mass is 79.9. The van der Waals surface area contributed by atoms with Crippen molar-refractivity contribution >= 4 is 15.9 Å². The van der Waals surface area contributed by atoms with E-state index < -0.39 is 6.61 Å². The predicted octanol–water partition coefficient (Wildman–Crippen LogP) is 5.85. The molecule has 1 fully saturated rings. The molecule has 0 unspecified atom stereocenters. The molecular weight excluding hydrogens is 369 g/mol. The summed E-state index contributed by atoms with van der Waals surface area (Å²) in [6, 6.07) is 10.4. The lowest BCUT2D eigenvalue weighted by atomic mass is 10.00. The van der Waals surface area contributed by atoms with Gasteiger partial charge in [-0.2, -0.15) is 8.78 Å². The second-order valence-electron chi connectivity index (χ2n) is 5.77. The van der Waals surface area contributed by atoms with Gasteiger partial charge in [0.05, 0.1) is 4.47 Å². The number of alkyl halides is 2. The van der Waals surface area contributed by atoms with Gasteiger partial charge in [0.15, 0.2) is 0 Å². The van der Waals surface area contributed by atoms with Crippen molar-refractivity contribution in [1.82, 2.24) is 0 Å². The molecule has 122 valence electrons. The van der Waals surface area contributed by atoms with Gasteiger partial charge < -0.3 is 4.74 Å². The maximum Gasteiger partial charge on any atom is 0.387 e. The van der Waals surface area contributed by atoms with Gasteiger partial charge in [-0.05, 0) is 82.4 Å². The van der Waals surface area contributed by atoms with Crippen LogP contribution in [0.2, 0.25) is 0 Å². The Hall–Kier alpha value is -1.49. The molecule has 0 saturated heterocycles. The van der Waals surface area contributed by atoms with Crippen LogP contribution in [0.3, 0.4) is 0 Å². The average Bonchev–Trinajstić information content (AvgIpc) is 3.34. The third-order valence-electron chi connectivity index (χ3n) is 3.99. The molecule has 0 radical (unpaired) electrons. The monoisotopic (exact) mass is 384 g/mol. The van der Waals surface area contributed by atoms with Crippen molar-refractivity contribution in [2.75, 3.05) is 0 Å². The van der Waals surface area contributed by atoms with Gasteiger partial charge in [0.2, 0.25) is 0 Å². The van der Waals surface area contributed by atoms with Crippen LogP contribution in [-0.2, 0) is 12.8 Å². The smallest absolute Gasteiger partial charge is 0.387 e.